The van der Waals surface area contributed by atoms with Gasteiger partial charge in [-0.1, -0.05) is 19.1 Å². The van der Waals surface area contributed by atoms with Crippen LogP contribution in [0.15, 0.2) is 24.3 Å². The molecule has 4 atom stereocenters. The molecule has 0 aromatic heterocycles. The van der Waals surface area contributed by atoms with E-state index in [0.29, 0.717) is 37.5 Å². The van der Waals surface area contributed by atoms with E-state index in [1.807, 2.05) is 25.1 Å². The zero-order valence-corrected chi connectivity index (χ0v) is 16.8. The van der Waals surface area contributed by atoms with E-state index in [0.717, 1.165) is 25.7 Å². The topological polar surface area (TPSA) is 76.7 Å². The van der Waals surface area contributed by atoms with Crippen LogP contribution in [0.25, 0.3) is 0 Å². The van der Waals surface area contributed by atoms with Gasteiger partial charge < -0.3 is 20.1 Å². The minimum absolute atomic E-state index is 0.0401. The maximum Gasteiger partial charge on any atom is 0.258 e. The summed E-state index contributed by atoms with van der Waals surface area (Å²) in [5.74, 6) is 0.808. The van der Waals surface area contributed by atoms with Gasteiger partial charge in [0.1, 0.15) is 5.75 Å². The Hall–Kier alpha value is -2.08. The van der Waals surface area contributed by atoms with Gasteiger partial charge in [-0.3, -0.25) is 9.59 Å². The number of ether oxygens (including phenoxy) is 2. The maximum absolute atomic E-state index is 12.9. The first-order chi connectivity index (χ1) is 13.5. The third-order valence-corrected chi connectivity index (χ3v) is 6.79. The predicted molar refractivity (Wildman–Crippen MR) is 105 cm³/mol. The van der Waals surface area contributed by atoms with E-state index in [-0.39, 0.29) is 29.1 Å². The highest BCUT2D eigenvalue weighted by molar-refractivity contribution is 5.98. The van der Waals surface area contributed by atoms with Gasteiger partial charge >= 0.3 is 0 Å². The standard InChI is InChI=1S/C22H30N2O4/c1-3-27-12-6-11-23-20(26)17-13-15-9-10-21(17,2)14-22(15)24-19(25)16-7-4-5-8-18(16)28-22/h4-5,7-8,15,17H,3,6,9-14H2,1-2H3,(H,23,26)(H,24,25). The van der Waals surface area contributed by atoms with Gasteiger partial charge in [0.05, 0.1) is 5.56 Å². The molecular weight excluding hydrogens is 356 g/mol. The minimum atomic E-state index is -0.690. The summed E-state index contributed by atoms with van der Waals surface area (Å²) < 4.78 is 11.7. The number of benzene rings is 1. The molecule has 1 heterocycles. The van der Waals surface area contributed by atoms with Crippen molar-refractivity contribution >= 4 is 11.8 Å². The van der Waals surface area contributed by atoms with Crippen molar-refractivity contribution < 1.29 is 19.1 Å². The Kier molecular flexibility index (Phi) is 5.08. The van der Waals surface area contributed by atoms with Crippen molar-refractivity contribution in [2.24, 2.45) is 17.3 Å². The van der Waals surface area contributed by atoms with Gasteiger partial charge in [0.15, 0.2) is 5.72 Å². The van der Waals surface area contributed by atoms with Gasteiger partial charge in [-0.25, -0.2) is 0 Å². The van der Waals surface area contributed by atoms with Gasteiger partial charge in [0, 0.05) is 38.0 Å². The summed E-state index contributed by atoms with van der Waals surface area (Å²) in [7, 11) is 0. The average molecular weight is 386 g/mol. The molecule has 6 heteroatoms. The number of fused-ring (bicyclic) bond motifs is 3. The third-order valence-electron chi connectivity index (χ3n) is 6.79. The molecule has 2 amide bonds. The molecule has 28 heavy (non-hydrogen) atoms. The Labute approximate surface area is 166 Å². The van der Waals surface area contributed by atoms with Gasteiger partial charge in [0.25, 0.3) is 5.91 Å². The number of carbonyl (C=O) groups excluding carboxylic acids is 2. The first-order valence-electron chi connectivity index (χ1n) is 10.4. The zero-order chi connectivity index (χ0) is 19.8. The molecule has 0 radical (unpaired) electrons. The van der Waals surface area contributed by atoms with Crippen molar-refractivity contribution in [1.82, 2.24) is 10.6 Å². The fourth-order valence-electron chi connectivity index (χ4n) is 5.31. The van der Waals surface area contributed by atoms with Crippen LogP contribution in [0.3, 0.4) is 0 Å². The summed E-state index contributed by atoms with van der Waals surface area (Å²) >= 11 is 0. The molecular formula is C22H30N2O4. The fourth-order valence-corrected chi connectivity index (χ4v) is 5.31. The van der Waals surface area contributed by atoms with Crippen molar-refractivity contribution in [3.05, 3.63) is 29.8 Å². The minimum Gasteiger partial charge on any atom is -0.467 e. The quantitative estimate of drug-likeness (QED) is 0.737. The van der Waals surface area contributed by atoms with Gasteiger partial charge in [-0.15, -0.1) is 0 Å². The van der Waals surface area contributed by atoms with Crippen molar-refractivity contribution in [3.8, 4) is 5.75 Å². The molecule has 6 nitrogen and oxygen atoms in total. The smallest absolute Gasteiger partial charge is 0.258 e. The lowest BCUT2D eigenvalue weighted by molar-refractivity contribution is -0.167. The van der Waals surface area contributed by atoms with E-state index >= 15 is 0 Å². The summed E-state index contributed by atoms with van der Waals surface area (Å²) in [6.45, 7) is 6.15. The number of para-hydroxylation sites is 1. The number of nitrogens with one attached hydrogen (secondary N) is 2. The third kappa shape index (κ3) is 3.28. The normalized spacial score (nSPS) is 33.1. The van der Waals surface area contributed by atoms with Gasteiger partial charge in [-0.05, 0) is 50.2 Å². The molecule has 2 N–H and O–H groups in total. The molecule has 0 saturated heterocycles. The Morgan fingerprint density at radius 1 is 1.39 bits per heavy atom. The van der Waals surface area contributed by atoms with Crippen LogP contribution in [0, 0.1) is 17.3 Å². The Morgan fingerprint density at radius 2 is 2.21 bits per heavy atom. The van der Waals surface area contributed by atoms with Crippen LogP contribution in [0.5, 0.6) is 5.75 Å². The highest BCUT2D eigenvalue weighted by Gasteiger charge is 2.61. The van der Waals surface area contributed by atoms with E-state index < -0.39 is 5.72 Å². The first kappa shape index (κ1) is 19.2. The first-order valence-corrected chi connectivity index (χ1v) is 10.4. The van der Waals surface area contributed by atoms with Crippen LogP contribution in [-0.4, -0.2) is 37.3 Å². The van der Waals surface area contributed by atoms with Crippen LogP contribution < -0.4 is 15.4 Å². The van der Waals surface area contributed by atoms with Crippen molar-refractivity contribution in [2.75, 3.05) is 19.8 Å². The van der Waals surface area contributed by atoms with Crippen LogP contribution in [0.2, 0.25) is 0 Å². The van der Waals surface area contributed by atoms with Crippen LogP contribution >= 0.6 is 0 Å². The number of hydrogen-bond acceptors (Lipinski definition) is 4. The second kappa shape index (κ2) is 7.39. The molecule has 3 aliphatic carbocycles. The molecule has 2 bridgehead atoms. The molecule has 1 aromatic rings. The monoisotopic (exact) mass is 386 g/mol. The molecule has 4 aliphatic rings. The lowest BCUT2D eigenvalue weighted by Gasteiger charge is -2.59. The summed E-state index contributed by atoms with van der Waals surface area (Å²) in [6, 6.07) is 7.40. The molecule has 1 aliphatic heterocycles. The van der Waals surface area contributed by atoms with E-state index in [9.17, 15) is 9.59 Å². The van der Waals surface area contributed by atoms with E-state index in [2.05, 4.69) is 17.6 Å². The second-order valence-corrected chi connectivity index (χ2v) is 8.64. The van der Waals surface area contributed by atoms with Gasteiger partial charge in [-0.2, -0.15) is 0 Å². The van der Waals surface area contributed by atoms with Crippen LogP contribution in [-0.2, 0) is 9.53 Å². The van der Waals surface area contributed by atoms with Crippen molar-refractivity contribution in [1.29, 1.82) is 0 Å². The summed E-state index contributed by atoms with van der Waals surface area (Å²) in [4.78, 5) is 25.6. The molecule has 1 aromatic carbocycles. The highest BCUT2D eigenvalue weighted by atomic mass is 16.5. The zero-order valence-electron chi connectivity index (χ0n) is 16.8. The number of amides is 2. The SMILES string of the molecule is CCOCCCNC(=O)C1CC2CCC1(C)CC21NC(=O)c2ccccc2O1. The number of carbonyl (C=O) groups is 2. The average Bonchev–Trinajstić information content (AvgIpc) is 2.67. The van der Waals surface area contributed by atoms with E-state index in [4.69, 9.17) is 9.47 Å². The highest BCUT2D eigenvalue weighted by Crippen LogP contribution is 2.58. The van der Waals surface area contributed by atoms with Crippen molar-refractivity contribution in [2.45, 2.75) is 51.7 Å². The number of hydrogen-bond donors (Lipinski definition) is 2. The molecule has 1 spiro atoms. The Morgan fingerprint density at radius 3 is 3.00 bits per heavy atom. The van der Waals surface area contributed by atoms with Gasteiger partial charge in [0.2, 0.25) is 5.91 Å². The van der Waals surface area contributed by atoms with E-state index in [1.54, 1.807) is 6.07 Å². The molecule has 3 fully saturated rings. The Balaban J connectivity index is 1.46. The summed E-state index contributed by atoms with van der Waals surface area (Å²) in [5, 5.41) is 6.25. The molecule has 152 valence electrons. The maximum atomic E-state index is 12.9. The lowest BCUT2D eigenvalue weighted by Crippen LogP contribution is -2.69. The molecule has 4 unspecified atom stereocenters. The lowest BCUT2D eigenvalue weighted by atomic mass is 9.52. The predicted octanol–water partition coefficient (Wildman–Crippen LogP) is 2.87. The van der Waals surface area contributed by atoms with Crippen LogP contribution in [0.4, 0.5) is 0 Å². The largest absolute Gasteiger partial charge is 0.467 e. The molecule has 3 saturated carbocycles. The Bertz CT molecular complexity index is 767. The second-order valence-electron chi connectivity index (χ2n) is 8.64. The molecule has 5 rings (SSSR count). The number of rotatable bonds is 6. The van der Waals surface area contributed by atoms with Crippen LogP contribution in [0.1, 0.15) is 56.3 Å². The summed E-state index contributed by atoms with van der Waals surface area (Å²) in [6.07, 6.45) is 4.19. The fraction of sp³-hybridized carbons (Fsp3) is 0.636. The summed E-state index contributed by atoms with van der Waals surface area (Å²) in [5.41, 5.74) is -0.286. The van der Waals surface area contributed by atoms with Crippen molar-refractivity contribution in [3.63, 3.8) is 0 Å². The van der Waals surface area contributed by atoms with E-state index in [1.165, 1.54) is 0 Å².